The second-order valence-electron chi connectivity index (χ2n) is 7.00. The highest BCUT2D eigenvalue weighted by Crippen LogP contribution is 2.30. The molecule has 4 nitrogen and oxygen atoms in total. The highest BCUT2D eigenvalue weighted by Gasteiger charge is 2.30. The molecule has 1 aliphatic carbocycles. The fourth-order valence-electron chi connectivity index (χ4n) is 3.33. The smallest absolute Gasteiger partial charge is 0.253 e. The third-order valence-electron chi connectivity index (χ3n) is 4.48. The maximum absolute atomic E-state index is 12.7. The predicted molar refractivity (Wildman–Crippen MR) is 86.6 cm³/mol. The third kappa shape index (κ3) is 3.49. The molecule has 2 unspecified atom stereocenters. The van der Waals surface area contributed by atoms with Crippen molar-refractivity contribution >= 4 is 17.5 Å². The summed E-state index contributed by atoms with van der Waals surface area (Å²) in [6.45, 7) is 6.04. The fraction of sp³-hybridized carbons (Fsp3) is 0.556. The number of piperidine rings is 1. The van der Waals surface area contributed by atoms with Gasteiger partial charge in [0, 0.05) is 30.3 Å². The number of nitrogens with one attached hydrogen (secondary N) is 1. The van der Waals surface area contributed by atoms with Gasteiger partial charge in [0.25, 0.3) is 5.91 Å². The number of likely N-dealkylation sites (tertiary alicyclic amines) is 1. The van der Waals surface area contributed by atoms with Gasteiger partial charge in [-0.3, -0.25) is 9.59 Å². The largest absolute Gasteiger partial charge is 0.338 e. The first-order chi connectivity index (χ1) is 10.5. The van der Waals surface area contributed by atoms with Crippen molar-refractivity contribution in [3.05, 3.63) is 29.8 Å². The van der Waals surface area contributed by atoms with Crippen LogP contribution in [0.5, 0.6) is 0 Å². The second kappa shape index (κ2) is 6.11. The monoisotopic (exact) mass is 300 g/mol. The van der Waals surface area contributed by atoms with Gasteiger partial charge in [-0.1, -0.05) is 19.9 Å². The summed E-state index contributed by atoms with van der Waals surface area (Å²) in [5, 5.41) is 2.91. The van der Waals surface area contributed by atoms with E-state index in [4.69, 9.17) is 0 Å². The van der Waals surface area contributed by atoms with Crippen molar-refractivity contribution in [3.8, 4) is 0 Å². The summed E-state index contributed by atoms with van der Waals surface area (Å²) in [6, 6.07) is 7.32. The molecule has 1 aliphatic heterocycles. The number of carbonyl (C=O) groups is 2. The van der Waals surface area contributed by atoms with Crippen molar-refractivity contribution < 1.29 is 9.59 Å². The molecule has 1 heterocycles. The van der Waals surface area contributed by atoms with Crippen molar-refractivity contribution in [2.24, 2.45) is 17.8 Å². The molecular weight excluding hydrogens is 276 g/mol. The van der Waals surface area contributed by atoms with Crippen LogP contribution in [-0.2, 0) is 4.79 Å². The van der Waals surface area contributed by atoms with E-state index in [0.717, 1.165) is 31.6 Å². The molecule has 0 aromatic heterocycles. The number of anilines is 1. The molecule has 118 valence electrons. The Labute approximate surface area is 131 Å². The fourth-order valence-corrected chi connectivity index (χ4v) is 3.33. The number of hydrogen-bond donors (Lipinski definition) is 1. The normalized spacial score (nSPS) is 24.9. The lowest BCUT2D eigenvalue weighted by molar-refractivity contribution is -0.117. The topological polar surface area (TPSA) is 49.4 Å². The Balaban J connectivity index is 1.70. The molecule has 1 aromatic rings. The Bertz CT molecular complexity index is 570. The zero-order valence-corrected chi connectivity index (χ0v) is 13.3. The van der Waals surface area contributed by atoms with Crippen LogP contribution in [0.2, 0.25) is 0 Å². The van der Waals surface area contributed by atoms with E-state index in [1.165, 1.54) is 6.42 Å². The molecular formula is C18H24N2O2. The number of nitrogens with zero attached hydrogens (tertiary/aromatic N) is 1. The van der Waals surface area contributed by atoms with Gasteiger partial charge in [-0.2, -0.15) is 0 Å². The first-order valence-electron chi connectivity index (χ1n) is 8.23. The van der Waals surface area contributed by atoms with Crippen LogP contribution in [0.1, 0.15) is 43.5 Å². The first-order valence-corrected chi connectivity index (χ1v) is 8.23. The quantitative estimate of drug-likeness (QED) is 0.932. The number of hydrogen-bond acceptors (Lipinski definition) is 2. The molecule has 1 saturated heterocycles. The summed E-state index contributed by atoms with van der Waals surface area (Å²) in [5.74, 6) is 1.41. The summed E-state index contributed by atoms with van der Waals surface area (Å²) in [7, 11) is 0. The van der Waals surface area contributed by atoms with E-state index in [-0.39, 0.29) is 17.7 Å². The maximum Gasteiger partial charge on any atom is 0.253 e. The van der Waals surface area contributed by atoms with Gasteiger partial charge < -0.3 is 10.2 Å². The minimum atomic E-state index is 0.0703. The van der Waals surface area contributed by atoms with E-state index in [0.29, 0.717) is 17.4 Å². The lowest BCUT2D eigenvalue weighted by atomic mass is 9.91. The van der Waals surface area contributed by atoms with Crippen LogP contribution in [0, 0.1) is 17.8 Å². The molecule has 0 radical (unpaired) electrons. The van der Waals surface area contributed by atoms with Gasteiger partial charge in [0.15, 0.2) is 0 Å². The van der Waals surface area contributed by atoms with Gasteiger partial charge in [0.2, 0.25) is 5.91 Å². The first kappa shape index (κ1) is 15.1. The predicted octanol–water partition coefficient (Wildman–Crippen LogP) is 3.15. The summed E-state index contributed by atoms with van der Waals surface area (Å²) in [4.78, 5) is 26.5. The summed E-state index contributed by atoms with van der Waals surface area (Å²) in [6.07, 6.45) is 3.14. The van der Waals surface area contributed by atoms with Crippen LogP contribution in [0.3, 0.4) is 0 Å². The highest BCUT2D eigenvalue weighted by atomic mass is 16.2. The molecule has 3 rings (SSSR count). The molecule has 2 fully saturated rings. The zero-order chi connectivity index (χ0) is 15.7. The summed E-state index contributed by atoms with van der Waals surface area (Å²) in [5.41, 5.74) is 1.38. The van der Waals surface area contributed by atoms with E-state index >= 15 is 0 Å². The number of benzene rings is 1. The van der Waals surface area contributed by atoms with Gasteiger partial charge in [-0.25, -0.2) is 0 Å². The summed E-state index contributed by atoms with van der Waals surface area (Å²) < 4.78 is 0. The van der Waals surface area contributed by atoms with E-state index in [2.05, 4.69) is 19.2 Å². The van der Waals surface area contributed by atoms with Crippen LogP contribution < -0.4 is 5.32 Å². The second-order valence-corrected chi connectivity index (χ2v) is 7.00. The zero-order valence-electron chi connectivity index (χ0n) is 13.3. The Morgan fingerprint density at radius 2 is 1.82 bits per heavy atom. The number of amides is 2. The summed E-state index contributed by atoms with van der Waals surface area (Å²) >= 11 is 0. The lowest BCUT2D eigenvalue weighted by Gasteiger charge is -2.35. The van der Waals surface area contributed by atoms with Gasteiger partial charge in [0.1, 0.15) is 0 Å². The van der Waals surface area contributed by atoms with Crippen molar-refractivity contribution in [1.82, 2.24) is 4.90 Å². The average molecular weight is 300 g/mol. The van der Waals surface area contributed by atoms with E-state index in [9.17, 15) is 9.59 Å². The molecule has 1 aromatic carbocycles. The van der Waals surface area contributed by atoms with Gasteiger partial charge >= 0.3 is 0 Å². The highest BCUT2D eigenvalue weighted by molar-refractivity contribution is 5.98. The number of carbonyl (C=O) groups excluding carboxylic acids is 2. The molecule has 4 heteroatoms. The van der Waals surface area contributed by atoms with Crippen molar-refractivity contribution in [1.29, 1.82) is 0 Å². The molecule has 0 bridgehead atoms. The van der Waals surface area contributed by atoms with Gasteiger partial charge in [-0.15, -0.1) is 0 Å². The molecule has 22 heavy (non-hydrogen) atoms. The van der Waals surface area contributed by atoms with E-state index < -0.39 is 0 Å². The van der Waals surface area contributed by atoms with Crippen LogP contribution in [-0.4, -0.2) is 29.8 Å². The molecule has 2 atom stereocenters. The van der Waals surface area contributed by atoms with Gasteiger partial charge in [-0.05, 0) is 49.3 Å². The van der Waals surface area contributed by atoms with Crippen LogP contribution in [0.4, 0.5) is 5.69 Å². The molecule has 1 saturated carbocycles. The van der Waals surface area contributed by atoms with E-state index in [1.807, 2.05) is 23.1 Å². The Kier molecular flexibility index (Phi) is 4.19. The van der Waals surface area contributed by atoms with Crippen molar-refractivity contribution in [2.45, 2.75) is 33.1 Å². The Hall–Kier alpha value is -1.84. The lowest BCUT2D eigenvalue weighted by Crippen LogP contribution is -2.42. The number of rotatable bonds is 3. The van der Waals surface area contributed by atoms with Crippen LogP contribution >= 0.6 is 0 Å². The minimum absolute atomic E-state index is 0.0703. The maximum atomic E-state index is 12.7. The molecule has 0 spiro atoms. The third-order valence-corrected chi connectivity index (χ3v) is 4.48. The SMILES string of the molecule is CC1CC(C)CN(C(=O)c2cccc(NC(=O)C3CC3)c2)C1. The van der Waals surface area contributed by atoms with E-state index in [1.54, 1.807) is 6.07 Å². The van der Waals surface area contributed by atoms with Crippen LogP contribution in [0.15, 0.2) is 24.3 Å². The van der Waals surface area contributed by atoms with Gasteiger partial charge in [0.05, 0.1) is 0 Å². The molecule has 2 amide bonds. The van der Waals surface area contributed by atoms with Crippen molar-refractivity contribution in [2.75, 3.05) is 18.4 Å². The standard InChI is InChI=1S/C18H24N2O2/c1-12-8-13(2)11-20(10-12)18(22)15-4-3-5-16(9-15)19-17(21)14-6-7-14/h3-5,9,12-14H,6-8,10-11H2,1-2H3,(H,19,21). The van der Waals surface area contributed by atoms with Crippen molar-refractivity contribution in [3.63, 3.8) is 0 Å². The molecule has 1 N–H and O–H groups in total. The minimum Gasteiger partial charge on any atom is -0.338 e. The van der Waals surface area contributed by atoms with Crippen LogP contribution in [0.25, 0.3) is 0 Å². The molecule has 2 aliphatic rings. The average Bonchev–Trinajstić information content (AvgIpc) is 3.30. The Morgan fingerprint density at radius 1 is 1.14 bits per heavy atom. The Morgan fingerprint density at radius 3 is 2.45 bits per heavy atom.